The van der Waals surface area contributed by atoms with Crippen molar-refractivity contribution in [1.82, 2.24) is 9.97 Å². The molecule has 9 rings (SSSR count). The second-order valence-electron chi connectivity index (χ2n) is 11.8. The molecule has 0 fully saturated rings. The van der Waals surface area contributed by atoms with E-state index in [-0.39, 0.29) is 0 Å². The average molecular weight is 600 g/mol. The van der Waals surface area contributed by atoms with Crippen molar-refractivity contribution in [2.45, 2.75) is 0 Å². The summed E-state index contributed by atoms with van der Waals surface area (Å²) in [6.07, 6.45) is 0. The molecule has 1 aliphatic rings. The highest BCUT2D eigenvalue weighted by Gasteiger charge is 2.26. The number of rotatable bonds is 4. The normalized spacial score (nSPS) is 11.8. The fraction of sp³-hybridized carbons (Fsp3) is 0. The van der Waals surface area contributed by atoms with Crippen LogP contribution in [-0.2, 0) is 0 Å². The topological polar surface area (TPSA) is 29.0 Å². The molecule has 8 aromatic rings. The maximum absolute atomic E-state index is 5.26. The minimum atomic E-state index is 0.708. The van der Waals surface area contributed by atoms with Crippen LogP contribution in [0.25, 0.3) is 66.9 Å². The third-order valence-corrected chi connectivity index (χ3v) is 9.03. The smallest absolute Gasteiger partial charge is 0.160 e. The third-order valence-electron chi connectivity index (χ3n) is 9.03. The second kappa shape index (κ2) is 11.2. The Kier molecular flexibility index (Phi) is 6.46. The zero-order chi connectivity index (χ0) is 31.2. The van der Waals surface area contributed by atoms with Gasteiger partial charge in [-0.25, -0.2) is 9.97 Å². The molecule has 2 heterocycles. The summed E-state index contributed by atoms with van der Waals surface area (Å²) in [6.45, 7) is 0. The molecule has 0 bridgehead atoms. The van der Waals surface area contributed by atoms with Gasteiger partial charge in [0.05, 0.1) is 22.6 Å². The van der Waals surface area contributed by atoms with Crippen molar-refractivity contribution in [3.8, 4) is 56.0 Å². The van der Waals surface area contributed by atoms with Gasteiger partial charge in [0.25, 0.3) is 0 Å². The van der Waals surface area contributed by atoms with Crippen LogP contribution in [0.5, 0.6) is 0 Å². The first-order valence-corrected chi connectivity index (χ1v) is 15.9. The Bertz CT molecular complexity index is 2400. The summed E-state index contributed by atoms with van der Waals surface area (Å²) in [5.41, 5.74) is 14.4. The van der Waals surface area contributed by atoms with Crippen LogP contribution in [0.2, 0.25) is 0 Å². The number of para-hydroxylation sites is 3. The molecule has 3 nitrogen and oxygen atoms in total. The molecule has 0 unspecified atom stereocenters. The highest BCUT2D eigenvalue weighted by atomic mass is 15.1. The Labute approximate surface area is 274 Å². The van der Waals surface area contributed by atoms with E-state index in [2.05, 4.69) is 169 Å². The summed E-state index contributed by atoms with van der Waals surface area (Å²) in [5, 5.41) is 1.04. The first-order valence-electron chi connectivity index (χ1n) is 15.9. The molecule has 0 saturated carbocycles. The lowest BCUT2D eigenvalue weighted by atomic mass is 9.93. The van der Waals surface area contributed by atoms with Gasteiger partial charge in [-0.05, 0) is 64.7 Å². The highest BCUT2D eigenvalue weighted by Crippen LogP contribution is 2.51. The van der Waals surface area contributed by atoms with Crippen LogP contribution in [0.15, 0.2) is 176 Å². The minimum absolute atomic E-state index is 0.708. The van der Waals surface area contributed by atoms with Gasteiger partial charge in [-0.1, -0.05) is 133 Å². The predicted octanol–water partition coefficient (Wildman–Crippen LogP) is 11.7. The van der Waals surface area contributed by atoms with Crippen LogP contribution in [0.4, 0.5) is 17.1 Å². The van der Waals surface area contributed by atoms with Gasteiger partial charge in [0, 0.05) is 33.3 Å². The molecule has 0 radical (unpaired) electrons. The molecule has 0 amide bonds. The number of benzene rings is 7. The lowest BCUT2D eigenvalue weighted by Crippen LogP contribution is -2.10. The molecule has 1 aliphatic heterocycles. The average Bonchev–Trinajstić information content (AvgIpc) is 3.27. The van der Waals surface area contributed by atoms with Crippen LogP contribution in [-0.4, -0.2) is 9.97 Å². The third kappa shape index (κ3) is 4.68. The molecule has 220 valence electrons. The van der Waals surface area contributed by atoms with E-state index in [4.69, 9.17) is 9.97 Å². The summed E-state index contributed by atoms with van der Waals surface area (Å²) in [7, 11) is 0. The van der Waals surface area contributed by atoms with Crippen molar-refractivity contribution >= 4 is 28.0 Å². The molecule has 0 aliphatic carbocycles. The zero-order valence-corrected chi connectivity index (χ0v) is 25.6. The van der Waals surface area contributed by atoms with Gasteiger partial charge in [-0.15, -0.1) is 0 Å². The number of hydrogen-bond donors (Lipinski definition) is 0. The Balaban J connectivity index is 1.23. The summed E-state index contributed by atoms with van der Waals surface area (Å²) < 4.78 is 0. The van der Waals surface area contributed by atoms with Crippen LogP contribution in [0, 0.1) is 0 Å². The number of hydrogen-bond acceptors (Lipinski definition) is 3. The van der Waals surface area contributed by atoms with Gasteiger partial charge in [-0.2, -0.15) is 0 Å². The standard InChI is InChI=1S/C44H29N3/c1-3-13-30(14-4-1)31-23-25-32(26-24-31)43-38-20-9-11-21-40(38)45-44(46-43)33-27-28-42-39(29-33)36-18-8-7-17-35(36)37-19-10-12-22-41(37)47(42)34-15-5-2-6-16-34/h1-29H. The van der Waals surface area contributed by atoms with Crippen molar-refractivity contribution in [2.75, 3.05) is 4.90 Å². The molecule has 0 N–H and O–H groups in total. The Morgan fingerprint density at radius 1 is 0.362 bits per heavy atom. The van der Waals surface area contributed by atoms with E-state index in [9.17, 15) is 0 Å². The van der Waals surface area contributed by atoms with Gasteiger partial charge >= 0.3 is 0 Å². The molecule has 7 aromatic carbocycles. The number of nitrogens with zero attached hydrogens (tertiary/aromatic N) is 3. The maximum atomic E-state index is 5.26. The first kappa shape index (κ1) is 27.0. The summed E-state index contributed by atoms with van der Waals surface area (Å²) in [4.78, 5) is 12.8. The number of fused-ring (bicyclic) bond motifs is 6. The molecular formula is C44H29N3. The fourth-order valence-electron chi connectivity index (χ4n) is 6.80. The van der Waals surface area contributed by atoms with E-state index in [0.29, 0.717) is 5.82 Å². The van der Waals surface area contributed by atoms with E-state index >= 15 is 0 Å². The minimum Gasteiger partial charge on any atom is -0.309 e. The van der Waals surface area contributed by atoms with Gasteiger partial charge in [0.15, 0.2) is 5.82 Å². The Hall–Kier alpha value is -6.32. The SMILES string of the molecule is c1ccc(-c2ccc(-c3nc(-c4ccc5c(c4)-c4ccccc4-c4ccccc4N5c4ccccc4)nc4ccccc34)cc2)cc1. The largest absolute Gasteiger partial charge is 0.309 e. The molecule has 0 atom stereocenters. The first-order chi connectivity index (χ1) is 23.3. The second-order valence-corrected chi connectivity index (χ2v) is 11.8. The Morgan fingerprint density at radius 2 is 0.915 bits per heavy atom. The number of anilines is 3. The summed E-state index contributed by atoms with van der Waals surface area (Å²) in [5.74, 6) is 0.708. The quantitative estimate of drug-likeness (QED) is 0.201. The maximum Gasteiger partial charge on any atom is 0.160 e. The van der Waals surface area contributed by atoms with Gasteiger partial charge < -0.3 is 4.90 Å². The number of aromatic nitrogens is 2. The van der Waals surface area contributed by atoms with E-state index in [1.165, 1.54) is 27.8 Å². The van der Waals surface area contributed by atoms with Crippen LogP contribution >= 0.6 is 0 Å². The van der Waals surface area contributed by atoms with Crippen molar-refractivity contribution in [3.63, 3.8) is 0 Å². The van der Waals surface area contributed by atoms with Crippen LogP contribution < -0.4 is 4.90 Å². The van der Waals surface area contributed by atoms with E-state index in [1.807, 2.05) is 12.1 Å². The van der Waals surface area contributed by atoms with Crippen molar-refractivity contribution < 1.29 is 0 Å². The van der Waals surface area contributed by atoms with Gasteiger partial charge in [-0.3, -0.25) is 0 Å². The summed E-state index contributed by atoms with van der Waals surface area (Å²) >= 11 is 0. The van der Waals surface area contributed by atoms with Crippen molar-refractivity contribution in [1.29, 1.82) is 0 Å². The van der Waals surface area contributed by atoms with E-state index < -0.39 is 0 Å². The molecule has 0 spiro atoms. The van der Waals surface area contributed by atoms with Gasteiger partial charge in [0.2, 0.25) is 0 Å². The molecule has 47 heavy (non-hydrogen) atoms. The molecule has 3 heteroatoms. The predicted molar refractivity (Wildman–Crippen MR) is 195 cm³/mol. The lowest BCUT2D eigenvalue weighted by molar-refractivity contribution is 1.23. The molecular weight excluding hydrogens is 571 g/mol. The summed E-state index contributed by atoms with van der Waals surface area (Å²) in [6, 6.07) is 62.1. The lowest BCUT2D eigenvalue weighted by Gasteiger charge is -2.27. The monoisotopic (exact) mass is 599 g/mol. The van der Waals surface area contributed by atoms with Crippen LogP contribution in [0.1, 0.15) is 0 Å². The van der Waals surface area contributed by atoms with E-state index in [0.717, 1.165) is 50.3 Å². The van der Waals surface area contributed by atoms with Crippen molar-refractivity contribution in [2.24, 2.45) is 0 Å². The van der Waals surface area contributed by atoms with Gasteiger partial charge in [0.1, 0.15) is 0 Å². The van der Waals surface area contributed by atoms with Crippen molar-refractivity contribution in [3.05, 3.63) is 176 Å². The zero-order valence-electron chi connectivity index (χ0n) is 25.6. The van der Waals surface area contributed by atoms with Crippen LogP contribution in [0.3, 0.4) is 0 Å². The fourth-order valence-corrected chi connectivity index (χ4v) is 6.80. The Morgan fingerprint density at radius 3 is 1.70 bits per heavy atom. The van der Waals surface area contributed by atoms with E-state index in [1.54, 1.807) is 0 Å². The highest BCUT2D eigenvalue weighted by molar-refractivity contribution is 6.03. The molecule has 0 saturated heterocycles. The molecule has 1 aromatic heterocycles.